The molecule has 0 amide bonds. The Labute approximate surface area is 89.3 Å². The van der Waals surface area contributed by atoms with Crippen LogP contribution in [-0.2, 0) is 10.3 Å². The van der Waals surface area contributed by atoms with Crippen molar-refractivity contribution in [3.8, 4) is 0 Å². The Kier molecular flexibility index (Phi) is 2.98. The number of nitrogens with zero attached hydrogens (tertiary/aromatic N) is 2. The van der Waals surface area contributed by atoms with Crippen LogP contribution >= 0.6 is 0 Å². The Hall–Kier alpha value is -1.00. The van der Waals surface area contributed by atoms with Crippen molar-refractivity contribution < 1.29 is 9.84 Å². The van der Waals surface area contributed by atoms with E-state index in [4.69, 9.17) is 4.74 Å². The number of rotatable bonds is 2. The lowest BCUT2D eigenvalue weighted by Crippen LogP contribution is -2.34. The van der Waals surface area contributed by atoms with Crippen molar-refractivity contribution in [1.29, 1.82) is 0 Å². The van der Waals surface area contributed by atoms with Crippen molar-refractivity contribution in [2.24, 2.45) is 0 Å². The van der Waals surface area contributed by atoms with Crippen molar-refractivity contribution >= 4 is 0 Å². The molecule has 15 heavy (non-hydrogen) atoms. The zero-order chi connectivity index (χ0) is 10.7. The summed E-state index contributed by atoms with van der Waals surface area (Å²) in [7, 11) is 1.72. The third-order valence-corrected chi connectivity index (χ3v) is 3.13. The van der Waals surface area contributed by atoms with Crippen molar-refractivity contribution in [3.63, 3.8) is 0 Å². The van der Waals surface area contributed by atoms with Crippen LogP contribution in [0.25, 0.3) is 0 Å². The monoisotopic (exact) mass is 208 g/mol. The van der Waals surface area contributed by atoms with E-state index in [0.717, 1.165) is 12.8 Å². The molecule has 1 fully saturated rings. The fraction of sp³-hybridized carbons (Fsp3) is 0.636. The van der Waals surface area contributed by atoms with Crippen LogP contribution in [0.5, 0.6) is 0 Å². The van der Waals surface area contributed by atoms with Gasteiger partial charge in [-0.1, -0.05) is 0 Å². The average Bonchev–Trinajstić information content (AvgIpc) is 2.31. The second kappa shape index (κ2) is 4.24. The summed E-state index contributed by atoms with van der Waals surface area (Å²) in [6.07, 6.45) is 8.32. The van der Waals surface area contributed by atoms with Gasteiger partial charge in [-0.3, -0.25) is 9.97 Å². The molecule has 0 unspecified atom stereocenters. The van der Waals surface area contributed by atoms with Crippen LogP contribution in [0.4, 0.5) is 0 Å². The first kappa shape index (κ1) is 10.5. The summed E-state index contributed by atoms with van der Waals surface area (Å²) in [5.41, 5.74) is -0.122. The topological polar surface area (TPSA) is 55.2 Å². The first-order chi connectivity index (χ1) is 7.24. The molecule has 0 spiro atoms. The lowest BCUT2D eigenvalue weighted by atomic mass is 9.81. The number of aromatic nitrogens is 2. The predicted molar refractivity (Wildman–Crippen MR) is 55.2 cm³/mol. The minimum absolute atomic E-state index is 0.280. The summed E-state index contributed by atoms with van der Waals surface area (Å²) in [5, 5.41) is 10.4. The summed E-state index contributed by atoms with van der Waals surface area (Å²) >= 11 is 0. The molecule has 0 aromatic carbocycles. The maximum Gasteiger partial charge on any atom is 0.108 e. The summed E-state index contributed by atoms with van der Waals surface area (Å²) < 4.78 is 5.27. The maximum absolute atomic E-state index is 10.4. The number of hydrogen-bond donors (Lipinski definition) is 1. The second-order valence-electron chi connectivity index (χ2n) is 4.06. The smallest absolute Gasteiger partial charge is 0.108 e. The van der Waals surface area contributed by atoms with Gasteiger partial charge in [-0.15, -0.1) is 0 Å². The Bertz CT molecular complexity index is 308. The Morgan fingerprint density at radius 2 is 2.13 bits per heavy atom. The highest BCUT2D eigenvalue weighted by Crippen LogP contribution is 2.36. The fourth-order valence-corrected chi connectivity index (χ4v) is 2.10. The van der Waals surface area contributed by atoms with Gasteiger partial charge in [-0.25, -0.2) is 0 Å². The molecule has 1 aliphatic rings. The summed E-state index contributed by atoms with van der Waals surface area (Å²) in [5.74, 6) is 0. The van der Waals surface area contributed by atoms with Gasteiger partial charge in [-0.2, -0.15) is 0 Å². The molecule has 1 aromatic heterocycles. The number of methoxy groups -OCH3 is 1. The van der Waals surface area contributed by atoms with E-state index in [-0.39, 0.29) is 6.10 Å². The zero-order valence-corrected chi connectivity index (χ0v) is 8.89. The van der Waals surface area contributed by atoms with Crippen LogP contribution < -0.4 is 0 Å². The van der Waals surface area contributed by atoms with Crippen molar-refractivity contribution in [1.82, 2.24) is 9.97 Å². The molecule has 0 bridgehead atoms. The molecule has 0 aliphatic heterocycles. The highest BCUT2D eigenvalue weighted by atomic mass is 16.5. The summed E-state index contributed by atoms with van der Waals surface area (Å²) in [6, 6.07) is 0. The molecule has 1 aliphatic carbocycles. The first-order valence-electron chi connectivity index (χ1n) is 5.26. The molecule has 0 saturated heterocycles. The van der Waals surface area contributed by atoms with Gasteiger partial charge in [0.05, 0.1) is 18.0 Å². The van der Waals surface area contributed by atoms with E-state index < -0.39 is 5.60 Å². The Morgan fingerprint density at radius 1 is 1.40 bits per heavy atom. The van der Waals surface area contributed by atoms with Crippen LogP contribution in [-0.4, -0.2) is 28.3 Å². The van der Waals surface area contributed by atoms with Gasteiger partial charge in [0.15, 0.2) is 0 Å². The molecule has 0 atom stereocenters. The van der Waals surface area contributed by atoms with E-state index in [1.807, 2.05) is 0 Å². The number of ether oxygens (including phenoxy) is 1. The van der Waals surface area contributed by atoms with Crippen molar-refractivity contribution in [2.75, 3.05) is 7.11 Å². The lowest BCUT2D eigenvalue weighted by molar-refractivity contribution is -0.0502. The van der Waals surface area contributed by atoms with Gasteiger partial charge >= 0.3 is 0 Å². The van der Waals surface area contributed by atoms with Gasteiger partial charge in [0.1, 0.15) is 5.60 Å². The quantitative estimate of drug-likeness (QED) is 0.794. The molecular formula is C11H16N2O2. The zero-order valence-electron chi connectivity index (χ0n) is 8.89. The van der Waals surface area contributed by atoms with Gasteiger partial charge in [0.25, 0.3) is 0 Å². The third kappa shape index (κ3) is 2.16. The van der Waals surface area contributed by atoms with E-state index in [9.17, 15) is 5.11 Å². The van der Waals surface area contributed by atoms with E-state index in [2.05, 4.69) is 9.97 Å². The molecule has 0 radical (unpaired) electrons. The summed E-state index contributed by atoms with van der Waals surface area (Å²) in [4.78, 5) is 8.16. The normalized spacial score (nSPS) is 31.5. The SMILES string of the molecule is COC1CCC(O)(c2cnccn2)CC1. The Morgan fingerprint density at radius 3 is 2.67 bits per heavy atom. The molecule has 4 nitrogen and oxygen atoms in total. The van der Waals surface area contributed by atoms with Crippen LogP contribution in [0, 0.1) is 0 Å². The predicted octanol–water partition coefficient (Wildman–Crippen LogP) is 1.25. The molecule has 4 heteroatoms. The lowest BCUT2D eigenvalue weighted by Gasteiger charge is -2.34. The highest BCUT2D eigenvalue weighted by molar-refractivity contribution is 5.09. The molecular weight excluding hydrogens is 192 g/mol. The van der Waals surface area contributed by atoms with E-state index in [0.29, 0.717) is 18.5 Å². The molecule has 82 valence electrons. The van der Waals surface area contributed by atoms with E-state index in [1.165, 1.54) is 0 Å². The average molecular weight is 208 g/mol. The van der Waals surface area contributed by atoms with E-state index in [1.54, 1.807) is 25.7 Å². The van der Waals surface area contributed by atoms with Gasteiger partial charge in [0.2, 0.25) is 0 Å². The second-order valence-corrected chi connectivity index (χ2v) is 4.06. The summed E-state index contributed by atoms with van der Waals surface area (Å²) in [6.45, 7) is 0. The minimum Gasteiger partial charge on any atom is -0.383 e. The van der Waals surface area contributed by atoms with Gasteiger partial charge in [0, 0.05) is 19.5 Å². The van der Waals surface area contributed by atoms with Crippen LogP contribution in [0.2, 0.25) is 0 Å². The van der Waals surface area contributed by atoms with Crippen LogP contribution in [0.15, 0.2) is 18.6 Å². The molecule has 1 N–H and O–H groups in total. The maximum atomic E-state index is 10.4. The van der Waals surface area contributed by atoms with Crippen molar-refractivity contribution in [3.05, 3.63) is 24.3 Å². The first-order valence-corrected chi connectivity index (χ1v) is 5.26. The minimum atomic E-state index is -0.802. The van der Waals surface area contributed by atoms with Crippen molar-refractivity contribution in [2.45, 2.75) is 37.4 Å². The number of hydrogen-bond acceptors (Lipinski definition) is 4. The fourth-order valence-electron chi connectivity index (χ4n) is 2.10. The standard InChI is InChI=1S/C11H16N2O2/c1-15-9-2-4-11(14,5-3-9)10-8-12-6-7-13-10/h6-9,14H,2-5H2,1H3. The third-order valence-electron chi connectivity index (χ3n) is 3.13. The largest absolute Gasteiger partial charge is 0.383 e. The van der Waals surface area contributed by atoms with E-state index >= 15 is 0 Å². The molecule has 1 aromatic rings. The van der Waals surface area contributed by atoms with Gasteiger partial charge in [-0.05, 0) is 25.7 Å². The van der Waals surface area contributed by atoms with Gasteiger partial charge < -0.3 is 9.84 Å². The molecule has 2 rings (SSSR count). The highest BCUT2D eigenvalue weighted by Gasteiger charge is 2.36. The molecule has 1 saturated carbocycles. The van der Waals surface area contributed by atoms with Crippen LogP contribution in [0.3, 0.4) is 0 Å². The number of aliphatic hydroxyl groups is 1. The Balaban J connectivity index is 2.10. The van der Waals surface area contributed by atoms with Crippen LogP contribution in [0.1, 0.15) is 31.4 Å². The molecule has 1 heterocycles.